The van der Waals surface area contributed by atoms with Gasteiger partial charge in [-0.2, -0.15) is 0 Å². The number of halogens is 3. The van der Waals surface area contributed by atoms with Crippen LogP contribution in [-0.2, 0) is 0 Å². The van der Waals surface area contributed by atoms with Gasteiger partial charge in [0.2, 0.25) is 0 Å². The van der Waals surface area contributed by atoms with Crippen LogP contribution in [0.15, 0.2) is 35.8 Å². The molecule has 0 unspecified atom stereocenters. The molecule has 2 aromatic heterocycles. The van der Waals surface area contributed by atoms with Gasteiger partial charge in [0, 0.05) is 37.3 Å². The highest BCUT2D eigenvalue weighted by atomic mass is 35.5. The van der Waals surface area contributed by atoms with Crippen molar-refractivity contribution >= 4 is 47.8 Å². The van der Waals surface area contributed by atoms with Crippen LogP contribution >= 0.6 is 47.8 Å². The summed E-state index contributed by atoms with van der Waals surface area (Å²) in [5.74, 6) is 0. The number of nitrogens with zero attached hydrogens (tertiary/aromatic N) is 2. The summed E-state index contributed by atoms with van der Waals surface area (Å²) in [5.41, 5.74) is 1.22. The summed E-state index contributed by atoms with van der Waals surface area (Å²) in [4.78, 5) is 8.11. The normalized spacial score (nSPS) is 16.6. The van der Waals surface area contributed by atoms with E-state index in [1.807, 2.05) is 12.3 Å². The Hall–Kier alpha value is -0.360. The maximum Gasteiger partial charge on any atom is 0.129 e. The van der Waals surface area contributed by atoms with E-state index in [1.165, 1.54) is 10.4 Å². The third-order valence-electron chi connectivity index (χ3n) is 3.40. The number of aromatic nitrogens is 1. The Morgan fingerprint density at radius 3 is 2.52 bits per heavy atom. The van der Waals surface area contributed by atoms with Crippen molar-refractivity contribution in [3.63, 3.8) is 0 Å². The Labute approximate surface area is 146 Å². The lowest BCUT2D eigenvalue weighted by Crippen LogP contribution is -2.45. The fourth-order valence-electron chi connectivity index (χ4n) is 2.49. The lowest BCUT2D eigenvalue weighted by atomic mass is 10.0. The molecule has 3 rings (SSSR count). The molecule has 0 saturated carbocycles. The number of rotatable bonds is 3. The van der Waals surface area contributed by atoms with Crippen molar-refractivity contribution in [1.29, 1.82) is 0 Å². The summed E-state index contributed by atoms with van der Waals surface area (Å²) in [6.07, 6.45) is 1.90. The molecule has 0 radical (unpaired) electrons. The Morgan fingerprint density at radius 2 is 1.95 bits per heavy atom. The summed E-state index contributed by atoms with van der Waals surface area (Å²) in [7, 11) is 0. The molecule has 1 atom stereocenters. The minimum Gasteiger partial charge on any atom is -0.314 e. The van der Waals surface area contributed by atoms with Crippen LogP contribution in [0.4, 0.5) is 0 Å². The molecule has 116 valence electrons. The molecule has 0 aliphatic carbocycles. The number of thiophene rings is 1. The van der Waals surface area contributed by atoms with Crippen LogP contribution in [0.3, 0.4) is 0 Å². The van der Waals surface area contributed by atoms with E-state index in [2.05, 4.69) is 38.8 Å². The fraction of sp³-hybridized carbons (Fsp3) is 0.357. The van der Waals surface area contributed by atoms with E-state index in [4.69, 9.17) is 11.6 Å². The van der Waals surface area contributed by atoms with Crippen molar-refractivity contribution in [3.05, 3.63) is 51.4 Å². The maximum atomic E-state index is 5.89. The average molecular weight is 367 g/mol. The lowest BCUT2D eigenvalue weighted by molar-refractivity contribution is 0.200. The maximum absolute atomic E-state index is 5.89. The summed E-state index contributed by atoms with van der Waals surface area (Å²) in [6, 6.07) is 8.57. The Kier molecular flexibility index (Phi) is 7.95. The molecule has 1 aliphatic rings. The number of pyridine rings is 1. The second kappa shape index (κ2) is 8.93. The first kappa shape index (κ1) is 18.7. The lowest BCUT2D eigenvalue weighted by Gasteiger charge is -2.34. The molecule has 3 heterocycles. The average Bonchev–Trinajstić information content (AvgIpc) is 2.96. The van der Waals surface area contributed by atoms with Gasteiger partial charge in [0.1, 0.15) is 5.15 Å². The molecule has 1 saturated heterocycles. The number of piperazine rings is 1. The quantitative estimate of drug-likeness (QED) is 0.841. The van der Waals surface area contributed by atoms with Crippen LogP contribution in [0.25, 0.3) is 0 Å². The molecular formula is C14H18Cl3N3S. The van der Waals surface area contributed by atoms with Gasteiger partial charge in [-0.15, -0.1) is 36.2 Å². The predicted molar refractivity (Wildman–Crippen MR) is 94.3 cm³/mol. The van der Waals surface area contributed by atoms with Gasteiger partial charge in [-0.05, 0) is 23.1 Å². The van der Waals surface area contributed by atoms with Crippen LogP contribution in [0, 0.1) is 0 Å². The van der Waals surface area contributed by atoms with Gasteiger partial charge in [0.05, 0.1) is 6.04 Å². The van der Waals surface area contributed by atoms with Crippen molar-refractivity contribution < 1.29 is 0 Å². The van der Waals surface area contributed by atoms with Gasteiger partial charge >= 0.3 is 0 Å². The zero-order valence-corrected chi connectivity index (χ0v) is 14.6. The highest BCUT2D eigenvalue weighted by molar-refractivity contribution is 7.10. The van der Waals surface area contributed by atoms with E-state index in [0.29, 0.717) is 11.2 Å². The van der Waals surface area contributed by atoms with Crippen molar-refractivity contribution in [2.45, 2.75) is 6.04 Å². The highest BCUT2D eigenvalue weighted by Crippen LogP contribution is 2.31. The zero-order valence-electron chi connectivity index (χ0n) is 11.4. The summed E-state index contributed by atoms with van der Waals surface area (Å²) in [5, 5.41) is 6.08. The third kappa shape index (κ3) is 4.55. The van der Waals surface area contributed by atoms with E-state index in [-0.39, 0.29) is 24.8 Å². The van der Waals surface area contributed by atoms with Gasteiger partial charge in [-0.3, -0.25) is 4.90 Å². The van der Waals surface area contributed by atoms with Crippen LogP contribution in [0.2, 0.25) is 5.15 Å². The molecule has 1 aliphatic heterocycles. The fourth-order valence-corrected chi connectivity index (χ4v) is 3.49. The number of nitrogens with one attached hydrogen (secondary N) is 1. The van der Waals surface area contributed by atoms with Gasteiger partial charge in [-0.25, -0.2) is 4.98 Å². The van der Waals surface area contributed by atoms with E-state index >= 15 is 0 Å². The minimum absolute atomic E-state index is 0. The molecule has 1 N–H and O–H groups in total. The Morgan fingerprint density at radius 1 is 1.19 bits per heavy atom. The molecular weight excluding hydrogens is 349 g/mol. The van der Waals surface area contributed by atoms with Crippen LogP contribution in [-0.4, -0.2) is 36.1 Å². The second-order valence-corrected chi connectivity index (χ2v) is 5.98. The van der Waals surface area contributed by atoms with Crippen molar-refractivity contribution in [2.24, 2.45) is 0 Å². The SMILES string of the molecule is Cl.Cl.Clc1ccc([C@@H](c2cccs2)N2CCNCC2)cn1. The van der Waals surface area contributed by atoms with Gasteiger partial charge in [0.15, 0.2) is 0 Å². The molecule has 2 aromatic rings. The van der Waals surface area contributed by atoms with Crippen LogP contribution in [0.5, 0.6) is 0 Å². The Balaban J connectivity index is 0.00000110. The molecule has 0 spiro atoms. The predicted octanol–water partition coefficient (Wildman–Crippen LogP) is 3.63. The van der Waals surface area contributed by atoms with Crippen molar-refractivity contribution in [2.75, 3.05) is 26.2 Å². The molecule has 0 amide bonds. The van der Waals surface area contributed by atoms with Crippen molar-refractivity contribution in [1.82, 2.24) is 15.2 Å². The molecule has 0 bridgehead atoms. The largest absolute Gasteiger partial charge is 0.314 e. The van der Waals surface area contributed by atoms with Crippen molar-refractivity contribution in [3.8, 4) is 0 Å². The van der Waals surface area contributed by atoms with Crippen LogP contribution in [0.1, 0.15) is 16.5 Å². The van der Waals surface area contributed by atoms with Crippen LogP contribution < -0.4 is 5.32 Å². The highest BCUT2D eigenvalue weighted by Gasteiger charge is 2.24. The third-order valence-corrected chi connectivity index (χ3v) is 4.54. The van der Waals surface area contributed by atoms with Gasteiger partial charge in [0.25, 0.3) is 0 Å². The molecule has 3 nitrogen and oxygen atoms in total. The topological polar surface area (TPSA) is 28.2 Å². The minimum atomic E-state index is 0. The smallest absolute Gasteiger partial charge is 0.129 e. The standard InChI is InChI=1S/C14H16ClN3S.2ClH/c15-13-4-3-11(10-17-13)14(12-2-1-9-19-12)18-7-5-16-6-8-18;;/h1-4,9-10,14,16H,5-8H2;2*1H/t14-;;/m0../s1. The second-order valence-electron chi connectivity index (χ2n) is 4.62. The number of hydrogen-bond donors (Lipinski definition) is 1. The Bertz CT molecular complexity index is 513. The van der Waals surface area contributed by atoms with E-state index in [0.717, 1.165) is 26.2 Å². The van der Waals surface area contributed by atoms with E-state index < -0.39 is 0 Å². The summed E-state index contributed by atoms with van der Waals surface area (Å²) < 4.78 is 0. The first-order valence-electron chi connectivity index (χ1n) is 6.44. The first-order chi connectivity index (χ1) is 9.34. The van der Waals surface area contributed by atoms with E-state index in [1.54, 1.807) is 11.3 Å². The number of hydrogen-bond acceptors (Lipinski definition) is 4. The molecule has 1 fully saturated rings. The summed E-state index contributed by atoms with van der Waals surface area (Å²) in [6.45, 7) is 4.21. The monoisotopic (exact) mass is 365 g/mol. The molecule has 7 heteroatoms. The van der Waals surface area contributed by atoms with E-state index in [9.17, 15) is 0 Å². The molecule has 21 heavy (non-hydrogen) atoms. The first-order valence-corrected chi connectivity index (χ1v) is 7.70. The van der Waals surface area contributed by atoms with Gasteiger partial charge < -0.3 is 5.32 Å². The molecule has 0 aromatic carbocycles. The van der Waals surface area contributed by atoms with Gasteiger partial charge in [-0.1, -0.05) is 23.7 Å². The summed E-state index contributed by atoms with van der Waals surface area (Å²) >= 11 is 7.70. The zero-order chi connectivity index (χ0) is 13.1.